The van der Waals surface area contributed by atoms with Crippen LogP contribution in [0, 0.1) is 0 Å². The van der Waals surface area contributed by atoms with E-state index in [9.17, 15) is 4.79 Å². The maximum Gasteiger partial charge on any atom is 0.360 e. The van der Waals surface area contributed by atoms with Crippen LogP contribution >= 0.6 is 0 Å². The van der Waals surface area contributed by atoms with E-state index in [4.69, 9.17) is 0 Å². The SMILES string of the molecule is CCNCC(C)c1n[nH]nc1C(=O)OC. The summed E-state index contributed by atoms with van der Waals surface area (Å²) in [5.74, 6) is -0.333. The second-order valence-corrected chi connectivity index (χ2v) is 3.26. The van der Waals surface area contributed by atoms with E-state index in [2.05, 4.69) is 25.5 Å². The van der Waals surface area contributed by atoms with Gasteiger partial charge in [-0.3, -0.25) is 0 Å². The number of H-pyrrole nitrogens is 1. The van der Waals surface area contributed by atoms with E-state index in [-0.39, 0.29) is 11.6 Å². The molecule has 84 valence electrons. The first-order chi connectivity index (χ1) is 7.20. The van der Waals surface area contributed by atoms with Crippen molar-refractivity contribution in [3.63, 3.8) is 0 Å². The monoisotopic (exact) mass is 212 g/mol. The minimum absolute atomic E-state index is 0.123. The lowest BCUT2D eigenvalue weighted by Gasteiger charge is -2.09. The van der Waals surface area contributed by atoms with Gasteiger partial charge in [-0.2, -0.15) is 10.3 Å². The zero-order valence-corrected chi connectivity index (χ0v) is 9.20. The summed E-state index contributed by atoms with van der Waals surface area (Å²) in [4.78, 5) is 11.3. The first-order valence-corrected chi connectivity index (χ1v) is 4.90. The van der Waals surface area contributed by atoms with Gasteiger partial charge in [0.25, 0.3) is 0 Å². The highest BCUT2D eigenvalue weighted by Gasteiger charge is 2.21. The van der Waals surface area contributed by atoms with Crippen molar-refractivity contribution in [3.8, 4) is 0 Å². The van der Waals surface area contributed by atoms with Crippen molar-refractivity contribution < 1.29 is 9.53 Å². The molecule has 0 saturated carbocycles. The fourth-order valence-electron chi connectivity index (χ4n) is 1.29. The zero-order valence-electron chi connectivity index (χ0n) is 9.20. The van der Waals surface area contributed by atoms with Crippen LogP contribution in [0.4, 0.5) is 0 Å². The first-order valence-electron chi connectivity index (χ1n) is 4.90. The molecule has 6 heteroatoms. The topological polar surface area (TPSA) is 79.9 Å². The second-order valence-electron chi connectivity index (χ2n) is 3.26. The Kier molecular flexibility index (Phi) is 4.23. The molecule has 0 radical (unpaired) electrons. The molecule has 0 aromatic carbocycles. The van der Waals surface area contributed by atoms with Crippen molar-refractivity contribution >= 4 is 5.97 Å². The fraction of sp³-hybridized carbons (Fsp3) is 0.667. The molecule has 2 N–H and O–H groups in total. The summed E-state index contributed by atoms with van der Waals surface area (Å²) < 4.78 is 4.61. The number of hydrogen-bond acceptors (Lipinski definition) is 5. The smallest absolute Gasteiger partial charge is 0.360 e. The molecule has 0 amide bonds. The van der Waals surface area contributed by atoms with Crippen molar-refractivity contribution in [2.45, 2.75) is 19.8 Å². The molecular formula is C9H16N4O2. The van der Waals surface area contributed by atoms with Gasteiger partial charge in [-0.1, -0.05) is 13.8 Å². The molecule has 1 rings (SSSR count). The Balaban J connectivity index is 2.75. The van der Waals surface area contributed by atoms with E-state index in [1.807, 2.05) is 13.8 Å². The number of carbonyl (C=O) groups excluding carboxylic acids is 1. The summed E-state index contributed by atoms with van der Waals surface area (Å²) in [6, 6.07) is 0. The average Bonchev–Trinajstić information content (AvgIpc) is 2.73. The number of ether oxygens (including phenoxy) is 1. The molecule has 1 aromatic rings. The molecule has 1 unspecified atom stereocenters. The minimum atomic E-state index is -0.456. The first kappa shape index (κ1) is 11.6. The maximum atomic E-state index is 11.3. The van der Waals surface area contributed by atoms with Crippen LogP contribution in [0.3, 0.4) is 0 Å². The molecule has 1 atom stereocenters. The number of hydrogen-bond donors (Lipinski definition) is 2. The molecule has 0 aliphatic heterocycles. The number of nitrogens with one attached hydrogen (secondary N) is 2. The Bertz CT molecular complexity index is 324. The summed E-state index contributed by atoms with van der Waals surface area (Å²) >= 11 is 0. The van der Waals surface area contributed by atoms with Crippen LogP contribution in [0.15, 0.2) is 0 Å². The van der Waals surface area contributed by atoms with Crippen molar-refractivity contribution in [2.75, 3.05) is 20.2 Å². The van der Waals surface area contributed by atoms with Crippen molar-refractivity contribution in [3.05, 3.63) is 11.4 Å². The van der Waals surface area contributed by atoms with Gasteiger partial charge < -0.3 is 10.1 Å². The van der Waals surface area contributed by atoms with Gasteiger partial charge in [0.05, 0.1) is 7.11 Å². The summed E-state index contributed by atoms with van der Waals surface area (Å²) in [6.07, 6.45) is 0. The fourth-order valence-corrected chi connectivity index (χ4v) is 1.29. The van der Waals surface area contributed by atoms with Crippen LogP contribution in [0.2, 0.25) is 0 Å². The largest absolute Gasteiger partial charge is 0.464 e. The number of rotatable bonds is 5. The summed E-state index contributed by atoms with van der Waals surface area (Å²) in [5.41, 5.74) is 0.908. The van der Waals surface area contributed by atoms with Gasteiger partial charge in [0.1, 0.15) is 5.69 Å². The van der Waals surface area contributed by atoms with Crippen molar-refractivity contribution in [1.29, 1.82) is 0 Å². The van der Waals surface area contributed by atoms with Crippen LogP contribution in [0.25, 0.3) is 0 Å². The third kappa shape index (κ3) is 2.76. The normalized spacial score (nSPS) is 12.5. The van der Waals surface area contributed by atoms with E-state index < -0.39 is 5.97 Å². The Morgan fingerprint density at radius 1 is 1.60 bits per heavy atom. The third-order valence-electron chi connectivity index (χ3n) is 2.12. The number of aromatic nitrogens is 3. The Hall–Kier alpha value is -1.43. The lowest BCUT2D eigenvalue weighted by atomic mass is 10.1. The molecule has 1 heterocycles. The standard InChI is InChI=1S/C9H16N4O2/c1-4-10-5-6(2)7-8(9(14)15-3)12-13-11-7/h6,10H,4-5H2,1-3H3,(H,11,12,13). The van der Waals surface area contributed by atoms with Crippen LogP contribution < -0.4 is 5.32 Å². The van der Waals surface area contributed by atoms with Gasteiger partial charge in [0.15, 0.2) is 5.69 Å². The maximum absolute atomic E-state index is 11.3. The van der Waals surface area contributed by atoms with Gasteiger partial charge in [0, 0.05) is 12.5 Å². The molecule has 0 aliphatic rings. The average molecular weight is 212 g/mol. The summed E-state index contributed by atoms with van der Waals surface area (Å²) in [5, 5.41) is 13.4. The summed E-state index contributed by atoms with van der Waals surface area (Å²) in [6.45, 7) is 5.65. The molecule has 0 fully saturated rings. The van der Waals surface area contributed by atoms with Gasteiger partial charge in [-0.25, -0.2) is 4.79 Å². The Morgan fingerprint density at radius 2 is 2.33 bits per heavy atom. The highest BCUT2D eigenvalue weighted by atomic mass is 16.5. The van der Waals surface area contributed by atoms with E-state index in [0.29, 0.717) is 5.69 Å². The molecule has 0 saturated heterocycles. The van der Waals surface area contributed by atoms with Crippen LogP contribution in [0.5, 0.6) is 0 Å². The highest BCUT2D eigenvalue weighted by Crippen LogP contribution is 2.14. The summed E-state index contributed by atoms with van der Waals surface area (Å²) in [7, 11) is 1.33. The van der Waals surface area contributed by atoms with E-state index in [1.165, 1.54) is 7.11 Å². The van der Waals surface area contributed by atoms with E-state index in [1.54, 1.807) is 0 Å². The predicted molar refractivity (Wildman–Crippen MR) is 54.7 cm³/mol. The number of likely N-dealkylation sites (N-methyl/N-ethyl adjacent to an activating group) is 1. The van der Waals surface area contributed by atoms with Crippen LogP contribution in [-0.2, 0) is 4.74 Å². The highest BCUT2D eigenvalue weighted by molar-refractivity contribution is 5.88. The van der Waals surface area contributed by atoms with Gasteiger partial charge in [-0.15, -0.1) is 5.10 Å². The number of methoxy groups -OCH3 is 1. The minimum Gasteiger partial charge on any atom is -0.464 e. The molecular weight excluding hydrogens is 196 g/mol. The molecule has 0 bridgehead atoms. The lowest BCUT2D eigenvalue weighted by Crippen LogP contribution is -2.21. The van der Waals surface area contributed by atoms with Gasteiger partial charge in [-0.05, 0) is 6.54 Å². The zero-order chi connectivity index (χ0) is 11.3. The number of nitrogens with zero attached hydrogens (tertiary/aromatic N) is 2. The number of carbonyl (C=O) groups is 1. The van der Waals surface area contributed by atoms with Gasteiger partial charge >= 0.3 is 5.97 Å². The van der Waals surface area contributed by atoms with Crippen molar-refractivity contribution in [2.24, 2.45) is 0 Å². The molecule has 6 nitrogen and oxygen atoms in total. The quantitative estimate of drug-likeness (QED) is 0.686. The molecule has 0 spiro atoms. The molecule has 15 heavy (non-hydrogen) atoms. The van der Waals surface area contributed by atoms with Crippen molar-refractivity contribution in [1.82, 2.24) is 20.7 Å². The van der Waals surface area contributed by atoms with E-state index >= 15 is 0 Å². The van der Waals surface area contributed by atoms with Gasteiger partial charge in [0.2, 0.25) is 0 Å². The lowest BCUT2D eigenvalue weighted by molar-refractivity contribution is 0.0592. The van der Waals surface area contributed by atoms with E-state index in [0.717, 1.165) is 13.1 Å². The number of esters is 1. The number of aromatic amines is 1. The predicted octanol–water partition coefficient (Wildman–Crippen LogP) is 0.304. The second kappa shape index (κ2) is 5.45. The third-order valence-corrected chi connectivity index (χ3v) is 2.12. The Morgan fingerprint density at radius 3 is 2.93 bits per heavy atom. The molecule has 0 aliphatic carbocycles. The van der Waals surface area contributed by atoms with Crippen LogP contribution in [-0.4, -0.2) is 41.6 Å². The molecule has 1 aromatic heterocycles. The Labute approximate surface area is 88.4 Å². The van der Waals surface area contributed by atoms with Crippen LogP contribution in [0.1, 0.15) is 35.9 Å².